The van der Waals surface area contributed by atoms with Crippen LogP contribution >= 0.6 is 0 Å². The molecule has 128 valence electrons. The zero-order valence-corrected chi connectivity index (χ0v) is 13.8. The number of aromatic nitrogens is 1. The molecule has 1 fully saturated rings. The minimum atomic E-state index is -0.723. The molecule has 6 heteroatoms. The van der Waals surface area contributed by atoms with Gasteiger partial charge in [0.1, 0.15) is 0 Å². The molecule has 0 radical (unpaired) electrons. The molecular weight excluding hydrogens is 306 g/mol. The van der Waals surface area contributed by atoms with Gasteiger partial charge in [-0.05, 0) is 42.3 Å². The largest absolute Gasteiger partial charge is 0.391 e. The second-order valence-corrected chi connectivity index (χ2v) is 6.48. The first-order chi connectivity index (χ1) is 11.5. The lowest BCUT2D eigenvalue weighted by Crippen LogP contribution is -2.41. The fourth-order valence-electron chi connectivity index (χ4n) is 3.31. The van der Waals surface area contributed by atoms with Gasteiger partial charge in [-0.3, -0.25) is 9.59 Å². The van der Waals surface area contributed by atoms with Crippen molar-refractivity contribution in [1.82, 2.24) is 9.88 Å². The number of anilines is 1. The van der Waals surface area contributed by atoms with Gasteiger partial charge in [-0.15, -0.1) is 0 Å². The lowest BCUT2D eigenvalue weighted by Gasteiger charge is -2.17. The fraction of sp³-hybridized carbons (Fsp3) is 0.444. The van der Waals surface area contributed by atoms with Crippen LogP contribution in [0, 0.1) is 5.92 Å². The van der Waals surface area contributed by atoms with Gasteiger partial charge in [0.25, 0.3) is 0 Å². The minimum absolute atomic E-state index is 0.119. The van der Waals surface area contributed by atoms with E-state index >= 15 is 0 Å². The molecule has 1 aliphatic rings. The highest BCUT2D eigenvalue weighted by molar-refractivity contribution is 6.39. The number of rotatable bonds is 4. The average molecular weight is 329 g/mol. The Bertz CT molecular complexity index is 747. The fourth-order valence-corrected chi connectivity index (χ4v) is 3.31. The van der Waals surface area contributed by atoms with E-state index in [-0.39, 0.29) is 12.5 Å². The SMILES string of the molecule is Cn1ccc2ccc(NC(=O)C(=O)NCC(O)C3CCCC3)cc21. The van der Waals surface area contributed by atoms with Gasteiger partial charge in [0, 0.05) is 31.0 Å². The molecule has 1 aliphatic carbocycles. The molecule has 0 aliphatic heterocycles. The number of hydrogen-bond donors (Lipinski definition) is 3. The third-order valence-corrected chi connectivity index (χ3v) is 4.77. The van der Waals surface area contributed by atoms with Crippen LogP contribution in [0.15, 0.2) is 30.5 Å². The number of fused-ring (bicyclic) bond motifs is 1. The summed E-state index contributed by atoms with van der Waals surface area (Å²) in [7, 11) is 1.92. The maximum atomic E-state index is 12.0. The number of carbonyl (C=O) groups is 2. The Morgan fingerprint density at radius 3 is 2.75 bits per heavy atom. The van der Waals surface area contributed by atoms with E-state index in [0.29, 0.717) is 5.69 Å². The third kappa shape index (κ3) is 3.59. The van der Waals surface area contributed by atoms with Crippen LogP contribution in [0.5, 0.6) is 0 Å². The van der Waals surface area contributed by atoms with E-state index in [2.05, 4.69) is 10.6 Å². The summed E-state index contributed by atoms with van der Waals surface area (Å²) in [6, 6.07) is 7.47. The zero-order chi connectivity index (χ0) is 17.1. The predicted molar refractivity (Wildman–Crippen MR) is 92.5 cm³/mol. The van der Waals surface area contributed by atoms with Gasteiger partial charge in [-0.1, -0.05) is 18.9 Å². The van der Waals surface area contributed by atoms with Gasteiger partial charge in [0.15, 0.2) is 0 Å². The number of benzene rings is 1. The molecule has 0 spiro atoms. The smallest absolute Gasteiger partial charge is 0.313 e. The molecule has 0 saturated heterocycles. The van der Waals surface area contributed by atoms with Crippen LogP contribution in [0.1, 0.15) is 25.7 Å². The quantitative estimate of drug-likeness (QED) is 0.748. The van der Waals surface area contributed by atoms with Gasteiger partial charge in [0.05, 0.1) is 6.10 Å². The Morgan fingerprint density at radius 1 is 1.25 bits per heavy atom. The van der Waals surface area contributed by atoms with Gasteiger partial charge in [-0.25, -0.2) is 0 Å². The number of aliphatic hydroxyl groups excluding tert-OH is 1. The minimum Gasteiger partial charge on any atom is -0.391 e. The van der Waals surface area contributed by atoms with Crippen LogP contribution < -0.4 is 10.6 Å². The summed E-state index contributed by atoms with van der Waals surface area (Å²) in [5.41, 5.74) is 1.55. The molecule has 1 saturated carbocycles. The number of aliphatic hydroxyl groups is 1. The van der Waals surface area contributed by atoms with Crippen molar-refractivity contribution in [2.45, 2.75) is 31.8 Å². The predicted octanol–water partition coefficient (Wildman–Crippen LogP) is 1.78. The first-order valence-electron chi connectivity index (χ1n) is 8.37. The van der Waals surface area contributed by atoms with Crippen molar-refractivity contribution in [3.63, 3.8) is 0 Å². The Kier molecular flexibility index (Phi) is 4.85. The van der Waals surface area contributed by atoms with E-state index in [9.17, 15) is 14.7 Å². The third-order valence-electron chi connectivity index (χ3n) is 4.77. The van der Waals surface area contributed by atoms with E-state index in [1.165, 1.54) is 0 Å². The molecule has 1 heterocycles. The summed E-state index contributed by atoms with van der Waals surface area (Å²) < 4.78 is 1.95. The van der Waals surface area contributed by atoms with E-state index < -0.39 is 17.9 Å². The zero-order valence-electron chi connectivity index (χ0n) is 13.8. The van der Waals surface area contributed by atoms with Crippen molar-refractivity contribution in [1.29, 1.82) is 0 Å². The maximum absolute atomic E-state index is 12.0. The van der Waals surface area contributed by atoms with E-state index in [1.807, 2.05) is 36.0 Å². The van der Waals surface area contributed by atoms with Crippen LogP contribution in [-0.4, -0.2) is 34.1 Å². The van der Waals surface area contributed by atoms with Gasteiger partial charge < -0.3 is 20.3 Å². The molecule has 1 atom stereocenters. The first-order valence-corrected chi connectivity index (χ1v) is 8.37. The highest BCUT2D eigenvalue weighted by Crippen LogP contribution is 2.27. The lowest BCUT2D eigenvalue weighted by atomic mass is 10.0. The number of nitrogens with zero attached hydrogens (tertiary/aromatic N) is 1. The molecule has 0 bridgehead atoms. The molecule has 2 amide bonds. The molecule has 2 aromatic rings. The van der Waals surface area contributed by atoms with Crippen molar-refractivity contribution in [2.24, 2.45) is 13.0 Å². The lowest BCUT2D eigenvalue weighted by molar-refractivity contribution is -0.136. The summed E-state index contributed by atoms with van der Waals surface area (Å²) >= 11 is 0. The Labute approximate surface area is 140 Å². The first kappa shape index (κ1) is 16.5. The summed E-state index contributed by atoms with van der Waals surface area (Å²) in [4.78, 5) is 23.9. The molecule has 24 heavy (non-hydrogen) atoms. The van der Waals surface area contributed by atoms with Gasteiger partial charge >= 0.3 is 11.8 Å². The number of carbonyl (C=O) groups excluding carboxylic acids is 2. The number of aryl methyl sites for hydroxylation is 1. The van der Waals surface area contributed by atoms with Crippen molar-refractivity contribution in [2.75, 3.05) is 11.9 Å². The topological polar surface area (TPSA) is 83.4 Å². The normalized spacial score (nSPS) is 16.2. The number of amides is 2. The van der Waals surface area contributed by atoms with Crippen LogP contribution in [0.25, 0.3) is 10.9 Å². The monoisotopic (exact) mass is 329 g/mol. The molecule has 6 nitrogen and oxygen atoms in total. The van der Waals surface area contributed by atoms with Crippen molar-refractivity contribution in [3.8, 4) is 0 Å². The molecule has 1 unspecified atom stereocenters. The second-order valence-electron chi connectivity index (χ2n) is 6.48. The Balaban J connectivity index is 1.54. The van der Waals surface area contributed by atoms with Crippen LogP contribution in [0.4, 0.5) is 5.69 Å². The summed E-state index contributed by atoms with van der Waals surface area (Å²) in [5, 5.41) is 16.2. The second kappa shape index (κ2) is 7.05. The summed E-state index contributed by atoms with van der Waals surface area (Å²) in [6.07, 6.45) is 5.58. The van der Waals surface area contributed by atoms with Crippen LogP contribution in [0.2, 0.25) is 0 Å². The van der Waals surface area contributed by atoms with E-state index in [4.69, 9.17) is 0 Å². The molecular formula is C18H23N3O3. The van der Waals surface area contributed by atoms with E-state index in [0.717, 1.165) is 36.6 Å². The Hall–Kier alpha value is -2.34. The van der Waals surface area contributed by atoms with Gasteiger partial charge in [-0.2, -0.15) is 0 Å². The molecule has 1 aromatic carbocycles. The average Bonchev–Trinajstić information content (AvgIpc) is 3.23. The van der Waals surface area contributed by atoms with Crippen LogP contribution in [0.3, 0.4) is 0 Å². The van der Waals surface area contributed by atoms with E-state index in [1.54, 1.807) is 6.07 Å². The standard InChI is InChI=1S/C18H23N3O3/c1-21-9-8-12-6-7-14(10-15(12)21)20-18(24)17(23)19-11-16(22)13-4-2-3-5-13/h6-10,13,16,22H,2-5,11H2,1H3,(H,19,23)(H,20,24). The molecule has 3 rings (SSSR count). The molecule has 1 aromatic heterocycles. The molecule has 3 N–H and O–H groups in total. The Morgan fingerprint density at radius 2 is 2.00 bits per heavy atom. The van der Waals surface area contributed by atoms with Crippen molar-refractivity contribution < 1.29 is 14.7 Å². The highest BCUT2D eigenvalue weighted by Gasteiger charge is 2.24. The maximum Gasteiger partial charge on any atom is 0.313 e. The van der Waals surface area contributed by atoms with Gasteiger partial charge in [0.2, 0.25) is 0 Å². The summed E-state index contributed by atoms with van der Waals surface area (Å²) in [5.74, 6) is -1.21. The van der Waals surface area contributed by atoms with Crippen molar-refractivity contribution in [3.05, 3.63) is 30.5 Å². The summed E-state index contributed by atoms with van der Waals surface area (Å²) in [6.45, 7) is 0.119. The number of nitrogens with one attached hydrogen (secondary N) is 2. The van der Waals surface area contributed by atoms with Crippen LogP contribution in [-0.2, 0) is 16.6 Å². The number of hydrogen-bond acceptors (Lipinski definition) is 3. The highest BCUT2D eigenvalue weighted by atomic mass is 16.3. The van der Waals surface area contributed by atoms with Crippen molar-refractivity contribution >= 4 is 28.4 Å².